The summed E-state index contributed by atoms with van der Waals surface area (Å²) in [4.78, 5) is 11.1. The van der Waals surface area contributed by atoms with Crippen LogP contribution in [0.2, 0.25) is 0 Å². The number of halogens is 1. The van der Waals surface area contributed by atoms with E-state index in [-0.39, 0.29) is 18.2 Å². The zero-order valence-corrected chi connectivity index (χ0v) is 12.1. The zero-order valence-electron chi connectivity index (χ0n) is 12.1. The Kier molecular flexibility index (Phi) is 4.56. The van der Waals surface area contributed by atoms with E-state index in [1.54, 1.807) is 19.9 Å². The Bertz CT molecular complexity index is 479. The molecule has 1 N–H and O–H groups in total. The molecule has 0 saturated carbocycles. The summed E-state index contributed by atoms with van der Waals surface area (Å²) in [5.74, 6) is -0.756. The van der Waals surface area contributed by atoms with Crippen LogP contribution in [0.3, 0.4) is 0 Å². The topological polar surface area (TPSA) is 46.5 Å². The van der Waals surface area contributed by atoms with Crippen molar-refractivity contribution in [1.29, 1.82) is 0 Å². The average molecular weight is 268 g/mol. The van der Waals surface area contributed by atoms with Gasteiger partial charge in [-0.2, -0.15) is 0 Å². The van der Waals surface area contributed by atoms with Crippen molar-refractivity contribution in [2.45, 2.75) is 40.0 Å². The second-order valence-electron chi connectivity index (χ2n) is 5.71. The Labute approximate surface area is 113 Å². The third-order valence-corrected chi connectivity index (χ3v) is 3.17. The van der Waals surface area contributed by atoms with Gasteiger partial charge < -0.3 is 9.84 Å². The van der Waals surface area contributed by atoms with E-state index in [9.17, 15) is 9.18 Å². The van der Waals surface area contributed by atoms with Gasteiger partial charge in [-0.3, -0.25) is 4.79 Å². The second-order valence-corrected chi connectivity index (χ2v) is 5.71. The van der Waals surface area contributed by atoms with E-state index in [2.05, 4.69) is 0 Å². The highest BCUT2D eigenvalue weighted by Gasteiger charge is 2.28. The van der Waals surface area contributed by atoms with Crippen molar-refractivity contribution < 1.29 is 19.0 Å². The van der Waals surface area contributed by atoms with Gasteiger partial charge in [-0.25, -0.2) is 4.39 Å². The quantitative estimate of drug-likeness (QED) is 0.887. The van der Waals surface area contributed by atoms with Gasteiger partial charge in [-0.15, -0.1) is 0 Å². The van der Waals surface area contributed by atoms with Crippen molar-refractivity contribution in [3.8, 4) is 5.75 Å². The van der Waals surface area contributed by atoms with Crippen molar-refractivity contribution in [3.63, 3.8) is 0 Å². The molecule has 0 heterocycles. The molecule has 0 radical (unpaired) electrons. The first-order valence-electron chi connectivity index (χ1n) is 6.28. The summed E-state index contributed by atoms with van der Waals surface area (Å²) in [6, 6.07) is 3.13. The molecule has 0 aliphatic carbocycles. The Hall–Kier alpha value is -1.58. The van der Waals surface area contributed by atoms with Gasteiger partial charge in [0.25, 0.3) is 0 Å². The van der Waals surface area contributed by atoms with Gasteiger partial charge in [-0.05, 0) is 43.9 Å². The van der Waals surface area contributed by atoms with Gasteiger partial charge in [-0.1, -0.05) is 13.8 Å². The lowest BCUT2D eigenvalue weighted by molar-refractivity contribution is -0.146. The maximum absolute atomic E-state index is 14.1. The lowest BCUT2D eigenvalue weighted by Gasteiger charge is -2.21. The smallest absolute Gasteiger partial charge is 0.309 e. The Morgan fingerprint density at radius 2 is 2.00 bits per heavy atom. The SMILES string of the molecule is COc1cc(CC(C)(C)C(=O)O)cc(F)c1C(C)C. The minimum atomic E-state index is -0.934. The van der Waals surface area contributed by atoms with Crippen LogP contribution in [0.15, 0.2) is 12.1 Å². The molecule has 1 aromatic rings. The monoisotopic (exact) mass is 268 g/mol. The second kappa shape index (κ2) is 5.59. The minimum Gasteiger partial charge on any atom is -0.496 e. The molecule has 0 fully saturated rings. The summed E-state index contributed by atoms with van der Waals surface area (Å²) >= 11 is 0. The predicted octanol–water partition coefficient (Wildman–Crippen LogP) is 3.61. The molecule has 0 bridgehead atoms. The van der Waals surface area contributed by atoms with E-state index in [4.69, 9.17) is 9.84 Å². The molecule has 1 rings (SSSR count). The lowest BCUT2D eigenvalue weighted by atomic mass is 9.85. The molecule has 0 aliphatic heterocycles. The molecule has 3 nitrogen and oxygen atoms in total. The highest BCUT2D eigenvalue weighted by Crippen LogP contribution is 2.32. The molecule has 4 heteroatoms. The van der Waals surface area contributed by atoms with Crippen LogP contribution in [0.4, 0.5) is 4.39 Å². The van der Waals surface area contributed by atoms with Gasteiger partial charge in [0.1, 0.15) is 11.6 Å². The van der Waals surface area contributed by atoms with E-state index in [1.165, 1.54) is 13.2 Å². The molecule has 1 aromatic carbocycles. The highest BCUT2D eigenvalue weighted by molar-refractivity contribution is 5.74. The maximum atomic E-state index is 14.1. The van der Waals surface area contributed by atoms with Crippen molar-refractivity contribution >= 4 is 5.97 Å². The van der Waals surface area contributed by atoms with Crippen molar-refractivity contribution in [2.75, 3.05) is 7.11 Å². The van der Waals surface area contributed by atoms with E-state index in [0.29, 0.717) is 16.9 Å². The molecule has 19 heavy (non-hydrogen) atoms. The van der Waals surface area contributed by atoms with E-state index < -0.39 is 11.4 Å². The largest absolute Gasteiger partial charge is 0.496 e. The summed E-state index contributed by atoms with van der Waals surface area (Å²) in [6.07, 6.45) is 0.258. The lowest BCUT2D eigenvalue weighted by Crippen LogP contribution is -2.26. The molecule has 0 aliphatic rings. The van der Waals surface area contributed by atoms with Crippen LogP contribution in [0.25, 0.3) is 0 Å². The molecule has 106 valence electrons. The van der Waals surface area contributed by atoms with E-state index in [1.807, 2.05) is 13.8 Å². The molecule has 0 atom stereocenters. The minimum absolute atomic E-state index is 0.0106. The van der Waals surface area contributed by atoms with Crippen LogP contribution in [0.1, 0.15) is 44.7 Å². The number of benzene rings is 1. The molecule has 0 unspecified atom stereocenters. The number of carbonyl (C=O) groups is 1. The van der Waals surface area contributed by atoms with Gasteiger partial charge in [0.15, 0.2) is 0 Å². The van der Waals surface area contributed by atoms with Gasteiger partial charge in [0.2, 0.25) is 0 Å². The fraction of sp³-hybridized carbons (Fsp3) is 0.533. The molecular weight excluding hydrogens is 247 g/mol. The summed E-state index contributed by atoms with van der Waals surface area (Å²) in [6.45, 7) is 7.02. The van der Waals surface area contributed by atoms with Crippen molar-refractivity contribution in [2.24, 2.45) is 5.41 Å². The van der Waals surface area contributed by atoms with Crippen LogP contribution in [0, 0.1) is 11.2 Å². The Morgan fingerprint density at radius 1 is 1.42 bits per heavy atom. The average Bonchev–Trinajstić information content (AvgIpc) is 2.26. The van der Waals surface area contributed by atoms with Crippen molar-refractivity contribution in [3.05, 3.63) is 29.1 Å². The van der Waals surface area contributed by atoms with E-state index >= 15 is 0 Å². The van der Waals surface area contributed by atoms with Crippen molar-refractivity contribution in [1.82, 2.24) is 0 Å². The molecule has 0 amide bonds. The molecule has 0 spiro atoms. The number of hydrogen-bond donors (Lipinski definition) is 1. The first-order valence-corrected chi connectivity index (χ1v) is 6.28. The first-order chi connectivity index (χ1) is 8.69. The number of carboxylic acids is 1. The van der Waals surface area contributed by atoms with Crippen LogP contribution < -0.4 is 4.74 Å². The summed E-state index contributed by atoms with van der Waals surface area (Å²) in [5, 5.41) is 9.12. The molecule has 0 aromatic heterocycles. The number of carboxylic acid groups (broad SMARTS) is 1. The Morgan fingerprint density at radius 3 is 2.42 bits per heavy atom. The highest BCUT2D eigenvalue weighted by atomic mass is 19.1. The molecule has 0 saturated heterocycles. The number of aliphatic carboxylic acids is 1. The first kappa shape index (κ1) is 15.5. The fourth-order valence-corrected chi connectivity index (χ4v) is 2.06. The third-order valence-electron chi connectivity index (χ3n) is 3.17. The van der Waals surface area contributed by atoms with Gasteiger partial charge in [0, 0.05) is 5.56 Å². The normalized spacial score (nSPS) is 11.7. The van der Waals surface area contributed by atoms with Gasteiger partial charge in [0.05, 0.1) is 12.5 Å². The number of rotatable bonds is 5. The van der Waals surface area contributed by atoms with Gasteiger partial charge >= 0.3 is 5.97 Å². The van der Waals surface area contributed by atoms with Crippen LogP contribution in [0.5, 0.6) is 5.75 Å². The summed E-state index contributed by atoms with van der Waals surface area (Å²) in [7, 11) is 1.49. The maximum Gasteiger partial charge on any atom is 0.309 e. The summed E-state index contributed by atoms with van der Waals surface area (Å²) in [5.41, 5.74) is 0.224. The number of ether oxygens (including phenoxy) is 1. The Balaban J connectivity index is 3.19. The standard InChI is InChI=1S/C15H21FO3/c1-9(2)13-11(16)6-10(7-12(13)19-5)8-15(3,4)14(17)18/h6-7,9H,8H2,1-5H3,(H,17,18). The third kappa shape index (κ3) is 3.46. The number of hydrogen-bond acceptors (Lipinski definition) is 2. The van der Waals surface area contributed by atoms with Crippen LogP contribution in [-0.4, -0.2) is 18.2 Å². The number of methoxy groups -OCH3 is 1. The van der Waals surface area contributed by atoms with E-state index in [0.717, 1.165) is 0 Å². The predicted molar refractivity (Wildman–Crippen MR) is 72.2 cm³/mol. The van der Waals surface area contributed by atoms with Crippen LogP contribution in [-0.2, 0) is 11.2 Å². The molecular formula is C15H21FO3. The fourth-order valence-electron chi connectivity index (χ4n) is 2.06. The van der Waals surface area contributed by atoms with Crippen LogP contribution >= 0.6 is 0 Å². The summed E-state index contributed by atoms with van der Waals surface area (Å²) < 4.78 is 19.3. The zero-order chi connectivity index (χ0) is 14.8.